The van der Waals surface area contributed by atoms with Crippen molar-refractivity contribution in [2.45, 2.75) is 25.4 Å². The minimum atomic E-state index is 0.412. The van der Waals surface area contributed by atoms with Gasteiger partial charge < -0.3 is 10.1 Å². The molecule has 0 aliphatic carbocycles. The van der Waals surface area contributed by atoms with E-state index in [2.05, 4.69) is 10.4 Å². The minimum absolute atomic E-state index is 0.412. The summed E-state index contributed by atoms with van der Waals surface area (Å²) in [5, 5.41) is 7.48. The molecule has 0 bridgehead atoms. The zero-order valence-electron chi connectivity index (χ0n) is 9.28. The number of piperidine rings is 1. The van der Waals surface area contributed by atoms with Crippen molar-refractivity contribution in [3.63, 3.8) is 0 Å². The first-order chi connectivity index (χ1) is 7.34. The lowest BCUT2D eigenvalue weighted by molar-refractivity contribution is 0.0390. The van der Waals surface area contributed by atoms with Gasteiger partial charge >= 0.3 is 0 Å². The molecule has 0 radical (unpaired) electrons. The van der Waals surface area contributed by atoms with Gasteiger partial charge in [-0.1, -0.05) is 0 Å². The van der Waals surface area contributed by atoms with E-state index in [4.69, 9.17) is 4.74 Å². The van der Waals surface area contributed by atoms with E-state index in [0.717, 1.165) is 26.1 Å². The normalized spacial score (nSPS) is 21.8. The molecule has 4 nitrogen and oxygen atoms in total. The summed E-state index contributed by atoms with van der Waals surface area (Å²) in [6.07, 6.45) is 7.75. The molecule has 1 aliphatic rings. The fourth-order valence-corrected chi connectivity index (χ4v) is 1.91. The number of aryl methyl sites for hydroxylation is 1. The van der Waals surface area contributed by atoms with Crippen LogP contribution >= 0.6 is 0 Å². The summed E-state index contributed by atoms with van der Waals surface area (Å²) in [4.78, 5) is 0. The third kappa shape index (κ3) is 3.32. The summed E-state index contributed by atoms with van der Waals surface area (Å²) < 4.78 is 7.63. The first-order valence-corrected chi connectivity index (χ1v) is 5.64. The predicted molar refractivity (Wildman–Crippen MR) is 58.8 cm³/mol. The minimum Gasteiger partial charge on any atom is -0.377 e. The van der Waals surface area contributed by atoms with Crippen LogP contribution in [0.25, 0.3) is 0 Å². The molecule has 2 heterocycles. The van der Waals surface area contributed by atoms with Crippen molar-refractivity contribution in [1.29, 1.82) is 0 Å². The first kappa shape index (κ1) is 10.6. The molecular weight excluding hydrogens is 190 g/mol. The van der Waals surface area contributed by atoms with Crippen molar-refractivity contribution in [2.75, 3.05) is 19.7 Å². The number of aromatic nitrogens is 2. The molecule has 0 aromatic carbocycles. The van der Waals surface area contributed by atoms with Crippen molar-refractivity contribution in [1.82, 2.24) is 15.1 Å². The highest BCUT2D eigenvalue weighted by Crippen LogP contribution is 2.07. The van der Waals surface area contributed by atoms with Gasteiger partial charge in [-0.15, -0.1) is 0 Å². The molecule has 1 aliphatic heterocycles. The second-order valence-electron chi connectivity index (χ2n) is 4.11. The standard InChI is InChI=1S/C11H19N3O/c1-14-9-10(7-13-14)4-6-15-11-3-2-5-12-8-11/h7,9,11-12H,2-6,8H2,1H3/t11-/m0/s1. The van der Waals surface area contributed by atoms with Crippen LogP contribution < -0.4 is 5.32 Å². The van der Waals surface area contributed by atoms with Gasteiger partial charge in [-0.25, -0.2) is 0 Å². The smallest absolute Gasteiger partial charge is 0.0700 e. The quantitative estimate of drug-likeness (QED) is 0.794. The molecule has 84 valence electrons. The van der Waals surface area contributed by atoms with Gasteiger partial charge in [0, 0.05) is 19.8 Å². The number of hydrogen-bond acceptors (Lipinski definition) is 3. The van der Waals surface area contributed by atoms with E-state index in [1.807, 2.05) is 24.1 Å². The van der Waals surface area contributed by atoms with Crippen molar-refractivity contribution in [2.24, 2.45) is 7.05 Å². The number of nitrogens with one attached hydrogen (secondary N) is 1. The molecule has 2 rings (SSSR count). The van der Waals surface area contributed by atoms with Crippen molar-refractivity contribution < 1.29 is 4.74 Å². The maximum absolute atomic E-state index is 5.80. The van der Waals surface area contributed by atoms with Crippen LogP contribution in [0.15, 0.2) is 12.4 Å². The molecule has 1 atom stereocenters. The van der Waals surface area contributed by atoms with Crippen molar-refractivity contribution >= 4 is 0 Å². The Morgan fingerprint density at radius 2 is 2.60 bits per heavy atom. The van der Waals surface area contributed by atoms with E-state index >= 15 is 0 Å². The van der Waals surface area contributed by atoms with Crippen molar-refractivity contribution in [3.05, 3.63) is 18.0 Å². The lowest BCUT2D eigenvalue weighted by Crippen LogP contribution is -2.35. The second-order valence-corrected chi connectivity index (χ2v) is 4.11. The molecule has 0 saturated carbocycles. The zero-order valence-corrected chi connectivity index (χ0v) is 9.28. The van der Waals surface area contributed by atoms with Gasteiger partial charge in [-0.3, -0.25) is 4.68 Å². The van der Waals surface area contributed by atoms with Gasteiger partial charge in [0.1, 0.15) is 0 Å². The molecule has 15 heavy (non-hydrogen) atoms. The van der Waals surface area contributed by atoms with Crippen LogP contribution in [0, 0.1) is 0 Å². The predicted octanol–water partition coefficient (Wildman–Crippen LogP) is 0.731. The largest absolute Gasteiger partial charge is 0.377 e. The Balaban J connectivity index is 1.65. The SMILES string of the molecule is Cn1cc(CCO[C@H]2CCCNC2)cn1. The Hall–Kier alpha value is -0.870. The highest BCUT2D eigenvalue weighted by Gasteiger charge is 2.12. The molecule has 1 saturated heterocycles. The van der Waals surface area contributed by atoms with Gasteiger partial charge in [-0.05, 0) is 31.4 Å². The van der Waals surface area contributed by atoms with Gasteiger partial charge in [-0.2, -0.15) is 5.10 Å². The number of ether oxygens (including phenoxy) is 1. The Morgan fingerprint density at radius 1 is 1.67 bits per heavy atom. The van der Waals surface area contributed by atoms with E-state index in [0.29, 0.717) is 6.10 Å². The van der Waals surface area contributed by atoms with Crippen LogP contribution in [0.3, 0.4) is 0 Å². The molecule has 0 amide bonds. The van der Waals surface area contributed by atoms with Crippen LogP contribution in [-0.2, 0) is 18.2 Å². The van der Waals surface area contributed by atoms with Crippen molar-refractivity contribution in [3.8, 4) is 0 Å². The summed E-state index contributed by atoms with van der Waals surface area (Å²) in [6, 6.07) is 0. The second kappa shape index (κ2) is 5.28. The van der Waals surface area contributed by atoms with Crippen LogP contribution in [0.2, 0.25) is 0 Å². The summed E-state index contributed by atoms with van der Waals surface area (Å²) >= 11 is 0. The van der Waals surface area contributed by atoms with Crippen LogP contribution in [0.1, 0.15) is 18.4 Å². The molecule has 1 aromatic rings. The van der Waals surface area contributed by atoms with E-state index in [-0.39, 0.29) is 0 Å². The Bertz CT molecular complexity index is 292. The Kier molecular flexibility index (Phi) is 3.75. The molecule has 1 fully saturated rings. The number of hydrogen-bond donors (Lipinski definition) is 1. The third-order valence-corrected chi connectivity index (χ3v) is 2.75. The van der Waals surface area contributed by atoms with Crippen LogP contribution in [-0.4, -0.2) is 35.6 Å². The average Bonchev–Trinajstić information content (AvgIpc) is 2.66. The van der Waals surface area contributed by atoms with Gasteiger partial charge in [0.25, 0.3) is 0 Å². The molecule has 0 spiro atoms. The van der Waals surface area contributed by atoms with E-state index < -0.39 is 0 Å². The fraction of sp³-hybridized carbons (Fsp3) is 0.727. The summed E-state index contributed by atoms with van der Waals surface area (Å²) in [7, 11) is 1.94. The maximum Gasteiger partial charge on any atom is 0.0700 e. The molecule has 0 unspecified atom stereocenters. The molecule has 1 aromatic heterocycles. The zero-order chi connectivity index (χ0) is 10.5. The number of nitrogens with zero attached hydrogens (tertiary/aromatic N) is 2. The molecular formula is C11H19N3O. The molecule has 4 heteroatoms. The van der Waals surface area contributed by atoms with Crippen LogP contribution in [0.4, 0.5) is 0 Å². The average molecular weight is 209 g/mol. The highest BCUT2D eigenvalue weighted by molar-refractivity contribution is 5.03. The van der Waals surface area contributed by atoms with E-state index in [9.17, 15) is 0 Å². The Labute approximate surface area is 90.6 Å². The maximum atomic E-state index is 5.80. The van der Waals surface area contributed by atoms with Gasteiger partial charge in [0.15, 0.2) is 0 Å². The summed E-state index contributed by atoms with van der Waals surface area (Å²) in [5.41, 5.74) is 1.25. The number of rotatable bonds is 4. The monoisotopic (exact) mass is 209 g/mol. The lowest BCUT2D eigenvalue weighted by atomic mass is 10.1. The van der Waals surface area contributed by atoms with Gasteiger partial charge in [0.05, 0.1) is 18.9 Å². The topological polar surface area (TPSA) is 39.1 Å². The molecule has 1 N–H and O–H groups in total. The van der Waals surface area contributed by atoms with Gasteiger partial charge in [0.2, 0.25) is 0 Å². The third-order valence-electron chi connectivity index (χ3n) is 2.75. The fourth-order valence-electron chi connectivity index (χ4n) is 1.91. The van der Waals surface area contributed by atoms with E-state index in [1.54, 1.807) is 0 Å². The lowest BCUT2D eigenvalue weighted by Gasteiger charge is -2.22. The first-order valence-electron chi connectivity index (χ1n) is 5.64. The Morgan fingerprint density at radius 3 is 3.27 bits per heavy atom. The summed E-state index contributed by atoms with van der Waals surface area (Å²) in [5.74, 6) is 0. The van der Waals surface area contributed by atoms with Crippen LogP contribution in [0.5, 0.6) is 0 Å². The van der Waals surface area contributed by atoms with E-state index in [1.165, 1.54) is 18.4 Å². The summed E-state index contributed by atoms with van der Waals surface area (Å²) in [6.45, 7) is 2.95. The highest BCUT2D eigenvalue weighted by atomic mass is 16.5.